The highest BCUT2D eigenvalue weighted by atomic mass is 35.5. The molecular formula is C9H8ClFN2O2. The molecule has 4 nitrogen and oxygen atoms in total. The second-order valence-corrected chi connectivity index (χ2v) is 3.10. The van der Waals surface area contributed by atoms with Crippen LogP contribution in [0.3, 0.4) is 0 Å². The lowest BCUT2D eigenvalue weighted by Crippen LogP contribution is -2.01. The van der Waals surface area contributed by atoms with Crippen LogP contribution in [-0.2, 0) is 0 Å². The zero-order chi connectivity index (χ0) is 11.6. The third kappa shape index (κ3) is 1.92. The molecule has 0 heterocycles. The molecule has 0 fully saturated rings. The van der Waals surface area contributed by atoms with E-state index in [1.165, 1.54) is 13.1 Å². The molecule has 1 aromatic carbocycles. The van der Waals surface area contributed by atoms with Crippen molar-refractivity contribution in [3.8, 4) is 0 Å². The molecule has 1 rings (SSSR count). The van der Waals surface area contributed by atoms with Gasteiger partial charge in [-0.25, -0.2) is 4.39 Å². The standard InChI is InChI=1S/C9H8ClFN2O2/c1-3-5-8(11)6(10)4-7(13(14)15)9(5)12-2/h3-4,12H,1H2,2H3. The summed E-state index contributed by atoms with van der Waals surface area (Å²) in [5, 5.41) is 12.9. The Balaban J connectivity index is 3.61. The van der Waals surface area contributed by atoms with E-state index in [0.717, 1.165) is 6.07 Å². The normalized spacial score (nSPS) is 9.80. The molecule has 15 heavy (non-hydrogen) atoms. The van der Waals surface area contributed by atoms with Gasteiger partial charge in [-0.05, 0) is 0 Å². The van der Waals surface area contributed by atoms with Gasteiger partial charge < -0.3 is 5.32 Å². The van der Waals surface area contributed by atoms with Crippen molar-refractivity contribution in [3.63, 3.8) is 0 Å². The Morgan fingerprint density at radius 2 is 2.33 bits per heavy atom. The predicted molar refractivity (Wildman–Crippen MR) is 57.7 cm³/mol. The van der Waals surface area contributed by atoms with Gasteiger partial charge in [-0.1, -0.05) is 24.3 Å². The van der Waals surface area contributed by atoms with E-state index in [1.807, 2.05) is 0 Å². The summed E-state index contributed by atoms with van der Waals surface area (Å²) in [6, 6.07) is 0.968. The smallest absolute Gasteiger partial charge is 0.294 e. The van der Waals surface area contributed by atoms with E-state index >= 15 is 0 Å². The van der Waals surface area contributed by atoms with Crippen molar-refractivity contribution in [2.24, 2.45) is 0 Å². The molecule has 0 aliphatic carbocycles. The lowest BCUT2D eigenvalue weighted by Gasteiger charge is -2.08. The largest absolute Gasteiger partial charge is 0.382 e. The summed E-state index contributed by atoms with van der Waals surface area (Å²) >= 11 is 5.52. The Hall–Kier alpha value is -1.62. The molecule has 1 N–H and O–H groups in total. The van der Waals surface area contributed by atoms with Crippen LogP contribution in [0.5, 0.6) is 0 Å². The number of nitrogens with one attached hydrogen (secondary N) is 1. The van der Waals surface area contributed by atoms with E-state index in [1.54, 1.807) is 0 Å². The second kappa shape index (κ2) is 4.27. The minimum atomic E-state index is -0.721. The fourth-order valence-corrected chi connectivity index (χ4v) is 1.44. The van der Waals surface area contributed by atoms with E-state index in [0.29, 0.717) is 0 Å². The first-order valence-corrected chi connectivity index (χ1v) is 4.37. The average molecular weight is 231 g/mol. The van der Waals surface area contributed by atoms with Gasteiger partial charge >= 0.3 is 0 Å². The molecule has 0 bridgehead atoms. The number of hydrogen-bond donors (Lipinski definition) is 1. The number of halogens is 2. The van der Waals surface area contributed by atoms with Gasteiger partial charge in [0.25, 0.3) is 5.69 Å². The molecule has 0 amide bonds. The highest BCUT2D eigenvalue weighted by molar-refractivity contribution is 6.31. The average Bonchev–Trinajstić information content (AvgIpc) is 2.20. The van der Waals surface area contributed by atoms with Crippen molar-refractivity contribution in [1.29, 1.82) is 0 Å². The maximum Gasteiger partial charge on any atom is 0.294 e. The van der Waals surface area contributed by atoms with Crippen LogP contribution in [0.25, 0.3) is 6.08 Å². The van der Waals surface area contributed by atoms with Crippen molar-refractivity contribution in [2.45, 2.75) is 0 Å². The lowest BCUT2D eigenvalue weighted by molar-refractivity contribution is -0.384. The van der Waals surface area contributed by atoms with E-state index in [4.69, 9.17) is 11.6 Å². The lowest BCUT2D eigenvalue weighted by atomic mass is 10.1. The minimum Gasteiger partial charge on any atom is -0.382 e. The summed E-state index contributed by atoms with van der Waals surface area (Å²) < 4.78 is 13.4. The van der Waals surface area contributed by atoms with Crippen LogP contribution in [-0.4, -0.2) is 12.0 Å². The third-order valence-corrected chi connectivity index (χ3v) is 2.16. The van der Waals surface area contributed by atoms with Crippen LogP contribution >= 0.6 is 11.6 Å². The molecule has 6 heteroatoms. The van der Waals surface area contributed by atoms with E-state index in [9.17, 15) is 14.5 Å². The molecule has 0 saturated heterocycles. The van der Waals surface area contributed by atoms with Gasteiger partial charge in [-0.3, -0.25) is 10.1 Å². The first kappa shape index (κ1) is 11.5. The zero-order valence-corrected chi connectivity index (χ0v) is 8.64. The molecule has 1 aromatic rings. The maximum atomic E-state index is 13.4. The van der Waals surface area contributed by atoms with Gasteiger partial charge in [0, 0.05) is 18.7 Å². The van der Waals surface area contributed by atoms with Crippen LogP contribution in [0.2, 0.25) is 5.02 Å². The molecule has 0 saturated carbocycles. The van der Waals surface area contributed by atoms with Crippen LogP contribution in [0.1, 0.15) is 5.56 Å². The van der Waals surface area contributed by atoms with Crippen LogP contribution in [0.4, 0.5) is 15.8 Å². The third-order valence-electron chi connectivity index (χ3n) is 1.89. The molecular weight excluding hydrogens is 223 g/mol. The molecule has 0 radical (unpaired) electrons. The number of nitro benzene ring substituents is 1. The Labute approximate surface area is 90.5 Å². The molecule has 0 aromatic heterocycles. The SMILES string of the molecule is C=Cc1c(F)c(Cl)cc([N+](=O)[O-])c1NC. The van der Waals surface area contributed by atoms with Crippen molar-refractivity contribution in [3.05, 3.63) is 39.2 Å². The summed E-state index contributed by atoms with van der Waals surface area (Å²) in [5.41, 5.74) is -0.215. The van der Waals surface area contributed by atoms with Crippen molar-refractivity contribution in [2.75, 3.05) is 12.4 Å². The molecule has 0 spiro atoms. The predicted octanol–water partition coefficient (Wildman–Crippen LogP) is 3.07. The summed E-state index contributed by atoms with van der Waals surface area (Å²) in [4.78, 5) is 10.0. The Morgan fingerprint density at radius 1 is 1.73 bits per heavy atom. The van der Waals surface area contributed by atoms with Gasteiger partial charge in [-0.2, -0.15) is 0 Å². The number of nitro groups is 1. The Kier molecular flexibility index (Phi) is 3.26. The first-order valence-electron chi connectivity index (χ1n) is 3.99. The van der Waals surface area contributed by atoms with Gasteiger partial charge in [0.1, 0.15) is 5.69 Å². The summed E-state index contributed by atoms with van der Waals surface area (Å²) in [6.07, 6.45) is 1.18. The van der Waals surface area contributed by atoms with Gasteiger partial charge in [0.2, 0.25) is 0 Å². The highest BCUT2D eigenvalue weighted by Gasteiger charge is 2.21. The number of nitrogens with zero attached hydrogens (tertiary/aromatic N) is 1. The fraction of sp³-hybridized carbons (Fsp3) is 0.111. The Morgan fingerprint density at radius 3 is 2.73 bits per heavy atom. The number of rotatable bonds is 3. The van der Waals surface area contributed by atoms with Crippen LogP contribution < -0.4 is 5.32 Å². The van der Waals surface area contributed by atoms with Gasteiger partial charge in [0.05, 0.1) is 9.95 Å². The first-order chi connectivity index (χ1) is 7.02. The molecule has 0 aliphatic rings. The van der Waals surface area contributed by atoms with Crippen LogP contribution in [0.15, 0.2) is 12.6 Å². The van der Waals surface area contributed by atoms with Gasteiger partial charge in [0.15, 0.2) is 5.82 Å². The van der Waals surface area contributed by atoms with Crippen molar-refractivity contribution < 1.29 is 9.31 Å². The number of anilines is 1. The van der Waals surface area contributed by atoms with Crippen LogP contribution in [0, 0.1) is 15.9 Å². The van der Waals surface area contributed by atoms with Crippen molar-refractivity contribution in [1.82, 2.24) is 0 Å². The number of hydrogen-bond acceptors (Lipinski definition) is 3. The van der Waals surface area contributed by atoms with E-state index < -0.39 is 10.7 Å². The number of benzene rings is 1. The molecule has 0 aliphatic heterocycles. The molecule has 0 unspecified atom stereocenters. The highest BCUT2D eigenvalue weighted by Crippen LogP contribution is 2.35. The fourth-order valence-electron chi connectivity index (χ4n) is 1.23. The summed E-state index contributed by atoms with van der Waals surface area (Å²) in [6.45, 7) is 3.38. The minimum absolute atomic E-state index is 0.00306. The quantitative estimate of drug-likeness (QED) is 0.641. The summed E-state index contributed by atoms with van der Waals surface area (Å²) in [5.74, 6) is -0.721. The molecule has 0 atom stereocenters. The summed E-state index contributed by atoms with van der Waals surface area (Å²) in [7, 11) is 1.46. The second-order valence-electron chi connectivity index (χ2n) is 2.69. The monoisotopic (exact) mass is 230 g/mol. The zero-order valence-electron chi connectivity index (χ0n) is 7.88. The topological polar surface area (TPSA) is 55.2 Å². The Bertz CT molecular complexity index is 435. The van der Waals surface area contributed by atoms with Crippen molar-refractivity contribution >= 4 is 29.1 Å². The van der Waals surface area contributed by atoms with E-state index in [2.05, 4.69) is 11.9 Å². The maximum absolute atomic E-state index is 13.4. The molecule has 80 valence electrons. The van der Waals surface area contributed by atoms with Gasteiger partial charge in [-0.15, -0.1) is 0 Å². The van der Waals surface area contributed by atoms with E-state index in [-0.39, 0.29) is 22.0 Å².